The van der Waals surface area contributed by atoms with Gasteiger partial charge in [0.15, 0.2) is 0 Å². The summed E-state index contributed by atoms with van der Waals surface area (Å²) in [6.07, 6.45) is 4.75. The fourth-order valence-electron chi connectivity index (χ4n) is 2.42. The number of hydrogen-bond donors (Lipinski definition) is 3. The van der Waals surface area contributed by atoms with Crippen molar-refractivity contribution in [1.82, 2.24) is 10.6 Å². The lowest BCUT2D eigenvalue weighted by atomic mass is 9.83. The molecule has 3 heteroatoms. The van der Waals surface area contributed by atoms with E-state index in [1.807, 2.05) is 0 Å². The Balaban J connectivity index is 2.21. The lowest BCUT2D eigenvalue weighted by Crippen LogP contribution is -2.41. The second kappa shape index (κ2) is 7.25. The van der Waals surface area contributed by atoms with Gasteiger partial charge in [-0.25, -0.2) is 0 Å². The van der Waals surface area contributed by atoms with Crippen LogP contribution in [0.25, 0.3) is 0 Å². The predicted octanol–water partition coefficient (Wildman–Crippen LogP) is 1.37. The van der Waals surface area contributed by atoms with E-state index in [0.29, 0.717) is 6.61 Å². The second-order valence-electron chi connectivity index (χ2n) is 5.21. The van der Waals surface area contributed by atoms with E-state index in [1.165, 1.54) is 19.4 Å². The van der Waals surface area contributed by atoms with E-state index >= 15 is 0 Å². The van der Waals surface area contributed by atoms with Gasteiger partial charge in [0.1, 0.15) is 0 Å². The molecule has 1 atom stereocenters. The van der Waals surface area contributed by atoms with E-state index in [2.05, 4.69) is 24.5 Å². The first-order valence-corrected chi connectivity index (χ1v) is 6.78. The van der Waals surface area contributed by atoms with Crippen LogP contribution in [0.3, 0.4) is 0 Å². The van der Waals surface area contributed by atoms with Gasteiger partial charge in [-0.05, 0) is 51.2 Å². The molecule has 0 aromatic rings. The van der Waals surface area contributed by atoms with Gasteiger partial charge < -0.3 is 15.7 Å². The lowest BCUT2D eigenvalue weighted by Gasteiger charge is -2.31. The van der Waals surface area contributed by atoms with Crippen molar-refractivity contribution in [3.05, 3.63) is 0 Å². The van der Waals surface area contributed by atoms with Gasteiger partial charge in [-0.2, -0.15) is 0 Å². The van der Waals surface area contributed by atoms with Crippen LogP contribution in [-0.4, -0.2) is 37.9 Å². The van der Waals surface area contributed by atoms with Crippen molar-refractivity contribution < 1.29 is 5.11 Å². The summed E-state index contributed by atoms with van der Waals surface area (Å²) in [6.45, 7) is 9.02. The average Bonchev–Trinajstić information content (AvgIpc) is 2.37. The minimum Gasteiger partial charge on any atom is -0.396 e. The first-order valence-electron chi connectivity index (χ1n) is 6.78. The van der Waals surface area contributed by atoms with E-state index in [1.54, 1.807) is 0 Å². The minimum absolute atomic E-state index is 0.0993. The summed E-state index contributed by atoms with van der Waals surface area (Å²) in [7, 11) is 0. The molecule has 0 spiro atoms. The third kappa shape index (κ3) is 4.04. The molecule has 16 heavy (non-hydrogen) atoms. The molecule has 0 radical (unpaired) electrons. The Kier molecular flexibility index (Phi) is 6.32. The standard InChI is InChI=1S/C13H28N2O/c1-3-13(4-2,11-16)10-15-9-12-6-5-7-14-8-12/h12,14-16H,3-11H2,1-2H3. The largest absolute Gasteiger partial charge is 0.396 e. The van der Waals surface area contributed by atoms with E-state index < -0.39 is 0 Å². The van der Waals surface area contributed by atoms with E-state index in [-0.39, 0.29) is 5.41 Å². The highest BCUT2D eigenvalue weighted by Crippen LogP contribution is 2.24. The van der Waals surface area contributed by atoms with E-state index in [0.717, 1.165) is 38.4 Å². The molecular formula is C13H28N2O. The third-order valence-corrected chi connectivity index (χ3v) is 4.17. The summed E-state index contributed by atoms with van der Waals surface area (Å²) in [6, 6.07) is 0. The Morgan fingerprint density at radius 3 is 2.62 bits per heavy atom. The molecule has 0 aromatic carbocycles. The predicted molar refractivity (Wildman–Crippen MR) is 68.6 cm³/mol. The summed E-state index contributed by atoms with van der Waals surface area (Å²) >= 11 is 0. The van der Waals surface area contributed by atoms with Crippen LogP contribution in [0.2, 0.25) is 0 Å². The molecule has 0 aliphatic carbocycles. The minimum atomic E-state index is 0.0993. The van der Waals surface area contributed by atoms with Crippen LogP contribution < -0.4 is 10.6 Å². The normalized spacial score (nSPS) is 22.3. The average molecular weight is 228 g/mol. The number of aliphatic hydroxyl groups is 1. The van der Waals surface area contributed by atoms with Crippen molar-refractivity contribution in [2.24, 2.45) is 11.3 Å². The lowest BCUT2D eigenvalue weighted by molar-refractivity contribution is 0.111. The molecule has 1 aliphatic rings. The molecule has 1 heterocycles. The van der Waals surface area contributed by atoms with Crippen LogP contribution in [-0.2, 0) is 0 Å². The van der Waals surface area contributed by atoms with Gasteiger partial charge in [0.2, 0.25) is 0 Å². The molecule has 0 amide bonds. The number of nitrogens with one attached hydrogen (secondary N) is 2. The molecule has 1 rings (SSSR count). The summed E-state index contributed by atoms with van der Waals surface area (Å²) in [4.78, 5) is 0. The molecule has 1 unspecified atom stereocenters. The van der Waals surface area contributed by atoms with Crippen molar-refractivity contribution in [3.63, 3.8) is 0 Å². The smallest absolute Gasteiger partial charge is 0.0499 e. The fraction of sp³-hybridized carbons (Fsp3) is 1.00. The maximum absolute atomic E-state index is 9.46. The Morgan fingerprint density at radius 1 is 1.38 bits per heavy atom. The SMILES string of the molecule is CCC(CC)(CO)CNCC1CCCNC1. The zero-order valence-electron chi connectivity index (χ0n) is 10.9. The van der Waals surface area contributed by atoms with Crippen molar-refractivity contribution >= 4 is 0 Å². The van der Waals surface area contributed by atoms with Crippen LogP contribution in [0.4, 0.5) is 0 Å². The van der Waals surface area contributed by atoms with Crippen LogP contribution in [0, 0.1) is 11.3 Å². The van der Waals surface area contributed by atoms with Crippen LogP contribution in [0.1, 0.15) is 39.5 Å². The van der Waals surface area contributed by atoms with Gasteiger partial charge in [0, 0.05) is 18.6 Å². The first-order chi connectivity index (χ1) is 7.76. The van der Waals surface area contributed by atoms with Gasteiger partial charge in [-0.1, -0.05) is 13.8 Å². The summed E-state index contributed by atoms with van der Waals surface area (Å²) < 4.78 is 0. The maximum atomic E-state index is 9.46. The molecule has 96 valence electrons. The fourth-order valence-corrected chi connectivity index (χ4v) is 2.42. The van der Waals surface area contributed by atoms with Gasteiger partial charge in [-0.3, -0.25) is 0 Å². The monoisotopic (exact) mass is 228 g/mol. The van der Waals surface area contributed by atoms with Crippen LogP contribution in [0.15, 0.2) is 0 Å². The molecule has 1 fully saturated rings. The van der Waals surface area contributed by atoms with Gasteiger partial charge in [-0.15, -0.1) is 0 Å². The number of rotatable bonds is 7. The van der Waals surface area contributed by atoms with Crippen LogP contribution in [0.5, 0.6) is 0 Å². The Bertz CT molecular complexity index is 167. The zero-order chi connectivity index (χ0) is 11.9. The molecule has 1 saturated heterocycles. The van der Waals surface area contributed by atoms with Crippen molar-refractivity contribution in [1.29, 1.82) is 0 Å². The molecular weight excluding hydrogens is 200 g/mol. The number of hydrogen-bond acceptors (Lipinski definition) is 3. The second-order valence-corrected chi connectivity index (χ2v) is 5.21. The molecule has 3 nitrogen and oxygen atoms in total. The van der Waals surface area contributed by atoms with Gasteiger partial charge >= 0.3 is 0 Å². The Morgan fingerprint density at radius 2 is 2.12 bits per heavy atom. The Labute approximate surface area is 100 Å². The van der Waals surface area contributed by atoms with Crippen molar-refractivity contribution in [2.45, 2.75) is 39.5 Å². The van der Waals surface area contributed by atoms with Crippen LogP contribution >= 0.6 is 0 Å². The van der Waals surface area contributed by atoms with Gasteiger partial charge in [0.25, 0.3) is 0 Å². The topological polar surface area (TPSA) is 44.3 Å². The Hall–Kier alpha value is -0.120. The van der Waals surface area contributed by atoms with Crippen molar-refractivity contribution in [2.75, 3.05) is 32.8 Å². The summed E-state index contributed by atoms with van der Waals surface area (Å²) in [5, 5.41) is 16.4. The highest BCUT2D eigenvalue weighted by atomic mass is 16.3. The summed E-state index contributed by atoms with van der Waals surface area (Å²) in [5.74, 6) is 0.777. The molecule has 1 aliphatic heterocycles. The van der Waals surface area contributed by atoms with E-state index in [4.69, 9.17) is 0 Å². The molecule has 0 aromatic heterocycles. The number of aliphatic hydroxyl groups excluding tert-OH is 1. The molecule has 0 saturated carbocycles. The number of piperidine rings is 1. The highest BCUT2D eigenvalue weighted by molar-refractivity contribution is 4.79. The quantitative estimate of drug-likeness (QED) is 0.617. The maximum Gasteiger partial charge on any atom is 0.0499 e. The zero-order valence-corrected chi connectivity index (χ0v) is 10.9. The van der Waals surface area contributed by atoms with Crippen molar-refractivity contribution in [3.8, 4) is 0 Å². The third-order valence-electron chi connectivity index (χ3n) is 4.17. The van der Waals surface area contributed by atoms with Gasteiger partial charge in [0.05, 0.1) is 0 Å². The highest BCUT2D eigenvalue weighted by Gasteiger charge is 2.25. The first kappa shape index (κ1) is 13.9. The molecule has 3 N–H and O–H groups in total. The summed E-state index contributed by atoms with van der Waals surface area (Å²) in [5.41, 5.74) is 0.0993. The molecule has 0 bridgehead atoms. The van der Waals surface area contributed by atoms with E-state index in [9.17, 15) is 5.11 Å².